The highest BCUT2D eigenvalue weighted by Gasteiger charge is 2.23. The van der Waals surface area contributed by atoms with E-state index in [0.29, 0.717) is 17.1 Å². The average molecular weight is 470 g/mol. The number of anilines is 1. The standard InChI is InChI=1S/C28H27N3O2S/c1-18-14-20(3)23(15-19(18)2)25-17-34-28(30-25)31-27(33)24(16-21-10-6-4-7-11-21)29-26(32)22-12-8-5-9-13-22/h4-15,17,24H,16H2,1-3H3,(H,29,32)(H,30,31,33)/t24-/m0/s1. The Morgan fingerprint density at radius 2 is 1.53 bits per heavy atom. The number of amides is 2. The van der Waals surface area contributed by atoms with E-state index in [1.807, 2.05) is 41.8 Å². The van der Waals surface area contributed by atoms with Crippen LogP contribution < -0.4 is 10.6 Å². The number of carbonyl (C=O) groups is 2. The fourth-order valence-corrected chi connectivity index (χ4v) is 4.49. The molecule has 1 aromatic heterocycles. The van der Waals surface area contributed by atoms with Gasteiger partial charge in [0.1, 0.15) is 6.04 Å². The monoisotopic (exact) mass is 469 g/mol. The van der Waals surface area contributed by atoms with E-state index < -0.39 is 6.04 Å². The molecule has 0 spiro atoms. The molecule has 0 saturated carbocycles. The molecule has 4 rings (SSSR count). The lowest BCUT2D eigenvalue weighted by atomic mass is 9.99. The van der Waals surface area contributed by atoms with Crippen LogP contribution in [0.25, 0.3) is 11.3 Å². The molecule has 3 aromatic carbocycles. The van der Waals surface area contributed by atoms with Crippen LogP contribution in [-0.2, 0) is 11.2 Å². The summed E-state index contributed by atoms with van der Waals surface area (Å²) in [5.41, 5.74) is 6.93. The Hall–Kier alpha value is -3.77. The van der Waals surface area contributed by atoms with E-state index in [0.717, 1.165) is 22.4 Å². The molecule has 4 aromatic rings. The van der Waals surface area contributed by atoms with Crippen molar-refractivity contribution in [2.24, 2.45) is 0 Å². The first-order valence-corrected chi connectivity index (χ1v) is 12.0. The molecule has 1 heterocycles. The van der Waals surface area contributed by atoms with Crippen molar-refractivity contribution in [3.63, 3.8) is 0 Å². The van der Waals surface area contributed by atoms with Gasteiger partial charge in [0.25, 0.3) is 5.91 Å². The molecule has 1 atom stereocenters. The number of rotatable bonds is 7. The maximum atomic E-state index is 13.2. The Bertz CT molecular complexity index is 1300. The third kappa shape index (κ3) is 5.58. The van der Waals surface area contributed by atoms with Crippen LogP contribution in [0.2, 0.25) is 0 Å². The number of nitrogens with one attached hydrogen (secondary N) is 2. The van der Waals surface area contributed by atoms with Gasteiger partial charge in [0, 0.05) is 22.9 Å². The molecule has 2 amide bonds. The van der Waals surface area contributed by atoms with Crippen molar-refractivity contribution in [3.05, 3.63) is 106 Å². The van der Waals surface area contributed by atoms with Gasteiger partial charge < -0.3 is 10.6 Å². The van der Waals surface area contributed by atoms with Gasteiger partial charge in [0.05, 0.1) is 5.69 Å². The average Bonchev–Trinajstić information content (AvgIpc) is 3.30. The molecular formula is C28H27N3O2S. The molecule has 0 aliphatic carbocycles. The first kappa shape index (κ1) is 23.4. The third-order valence-electron chi connectivity index (χ3n) is 5.79. The predicted octanol–water partition coefficient (Wildman–Crippen LogP) is 5.72. The molecule has 6 heteroatoms. The molecule has 5 nitrogen and oxygen atoms in total. The fourth-order valence-electron chi connectivity index (χ4n) is 3.77. The molecule has 0 radical (unpaired) electrons. The molecule has 0 fully saturated rings. The Morgan fingerprint density at radius 1 is 0.882 bits per heavy atom. The van der Waals surface area contributed by atoms with Crippen LogP contribution in [-0.4, -0.2) is 22.8 Å². The van der Waals surface area contributed by atoms with Gasteiger partial charge in [0.15, 0.2) is 5.13 Å². The number of benzene rings is 3. The van der Waals surface area contributed by atoms with Crippen molar-refractivity contribution in [2.75, 3.05) is 5.32 Å². The van der Waals surface area contributed by atoms with Gasteiger partial charge in [-0.15, -0.1) is 11.3 Å². The van der Waals surface area contributed by atoms with Crippen molar-refractivity contribution in [2.45, 2.75) is 33.2 Å². The maximum absolute atomic E-state index is 13.2. The van der Waals surface area contributed by atoms with E-state index in [4.69, 9.17) is 0 Å². The summed E-state index contributed by atoms with van der Waals surface area (Å²) in [4.78, 5) is 30.7. The van der Waals surface area contributed by atoms with E-state index in [-0.39, 0.29) is 11.8 Å². The summed E-state index contributed by atoms with van der Waals surface area (Å²) in [5.74, 6) is -0.590. The van der Waals surface area contributed by atoms with E-state index in [1.54, 1.807) is 24.3 Å². The minimum atomic E-state index is -0.745. The number of aromatic nitrogens is 1. The van der Waals surface area contributed by atoms with Gasteiger partial charge in [-0.05, 0) is 61.2 Å². The van der Waals surface area contributed by atoms with Crippen molar-refractivity contribution in [1.29, 1.82) is 0 Å². The van der Waals surface area contributed by atoms with Gasteiger partial charge in [0.2, 0.25) is 5.91 Å². The molecule has 0 aliphatic rings. The highest BCUT2D eigenvalue weighted by Crippen LogP contribution is 2.29. The largest absolute Gasteiger partial charge is 0.340 e. The van der Waals surface area contributed by atoms with E-state index in [2.05, 4.69) is 48.5 Å². The zero-order valence-electron chi connectivity index (χ0n) is 19.5. The molecular weight excluding hydrogens is 442 g/mol. The SMILES string of the molecule is Cc1cc(C)c(-c2csc(NC(=O)[C@H](Cc3ccccc3)NC(=O)c3ccccc3)n2)cc1C. The molecule has 2 N–H and O–H groups in total. The summed E-state index contributed by atoms with van der Waals surface area (Å²) in [5, 5.41) is 8.25. The molecule has 0 unspecified atom stereocenters. The normalized spacial score (nSPS) is 11.6. The number of hydrogen-bond donors (Lipinski definition) is 2. The van der Waals surface area contributed by atoms with Gasteiger partial charge in [-0.25, -0.2) is 4.98 Å². The summed E-state index contributed by atoms with van der Waals surface area (Å²) in [6.45, 7) is 6.24. The second-order valence-electron chi connectivity index (χ2n) is 8.36. The summed E-state index contributed by atoms with van der Waals surface area (Å²) < 4.78 is 0. The summed E-state index contributed by atoms with van der Waals surface area (Å²) >= 11 is 1.37. The number of carbonyl (C=O) groups excluding carboxylic acids is 2. The Kier molecular flexibility index (Phi) is 7.18. The van der Waals surface area contributed by atoms with Crippen LogP contribution in [0, 0.1) is 20.8 Å². The Balaban J connectivity index is 1.53. The highest BCUT2D eigenvalue weighted by atomic mass is 32.1. The van der Waals surface area contributed by atoms with Gasteiger partial charge in [-0.1, -0.05) is 54.6 Å². The second-order valence-corrected chi connectivity index (χ2v) is 9.22. The zero-order chi connectivity index (χ0) is 24.1. The quantitative estimate of drug-likeness (QED) is 0.364. The van der Waals surface area contributed by atoms with E-state index in [9.17, 15) is 9.59 Å². The van der Waals surface area contributed by atoms with Crippen LogP contribution >= 0.6 is 11.3 Å². The molecule has 172 valence electrons. The lowest BCUT2D eigenvalue weighted by Crippen LogP contribution is -2.45. The molecule has 34 heavy (non-hydrogen) atoms. The van der Waals surface area contributed by atoms with Crippen LogP contribution in [0.1, 0.15) is 32.6 Å². The fraction of sp³-hybridized carbons (Fsp3) is 0.179. The van der Waals surface area contributed by atoms with Crippen molar-refractivity contribution >= 4 is 28.3 Å². The van der Waals surface area contributed by atoms with Crippen molar-refractivity contribution in [1.82, 2.24) is 10.3 Å². The van der Waals surface area contributed by atoms with Crippen LogP contribution in [0.4, 0.5) is 5.13 Å². The minimum absolute atomic E-state index is 0.290. The van der Waals surface area contributed by atoms with Crippen LogP contribution in [0.5, 0.6) is 0 Å². The summed E-state index contributed by atoms with van der Waals surface area (Å²) in [6.07, 6.45) is 0.375. The topological polar surface area (TPSA) is 71.1 Å². The summed E-state index contributed by atoms with van der Waals surface area (Å²) in [7, 11) is 0. The predicted molar refractivity (Wildman–Crippen MR) is 138 cm³/mol. The smallest absolute Gasteiger partial charge is 0.251 e. The van der Waals surface area contributed by atoms with Crippen molar-refractivity contribution < 1.29 is 9.59 Å². The van der Waals surface area contributed by atoms with Gasteiger partial charge in [-0.2, -0.15) is 0 Å². The maximum Gasteiger partial charge on any atom is 0.251 e. The zero-order valence-corrected chi connectivity index (χ0v) is 20.3. The molecule has 0 saturated heterocycles. The first-order chi connectivity index (χ1) is 16.4. The number of nitrogens with zero attached hydrogens (tertiary/aromatic N) is 1. The van der Waals surface area contributed by atoms with Crippen LogP contribution in [0.3, 0.4) is 0 Å². The number of thiazole rings is 1. The Labute approximate surface area is 203 Å². The third-order valence-corrected chi connectivity index (χ3v) is 6.55. The summed E-state index contributed by atoms with van der Waals surface area (Å²) in [6, 6.07) is 22.1. The highest BCUT2D eigenvalue weighted by molar-refractivity contribution is 7.14. The number of hydrogen-bond acceptors (Lipinski definition) is 4. The van der Waals surface area contributed by atoms with Crippen LogP contribution in [0.15, 0.2) is 78.2 Å². The van der Waals surface area contributed by atoms with E-state index in [1.165, 1.54) is 22.5 Å². The Morgan fingerprint density at radius 3 is 2.24 bits per heavy atom. The van der Waals surface area contributed by atoms with E-state index >= 15 is 0 Å². The van der Waals surface area contributed by atoms with Gasteiger partial charge in [-0.3, -0.25) is 9.59 Å². The van der Waals surface area contributed by atoms with Crippen molar-refractivity contribution in [3.8, 4) is 11.3 Å². The lowest BCUT2D eigenvalue weighted by molar-refractivity contribution is -0.118. The molecule has 0 bridgehead atoms. The number of aryl methyl sites for hydroxylation is 3. The molecule has 0 aliphatic heterocycles. The lowest BCUT2D eigenvalue weighted by Gasteiger charge is -2.18. The van der Waals surface area contributed by atoms with Gasteiger partial charge >= 0.3 is 0 Å². The minimum Gasteiger partial charge on any atom is -0.340 e. The first-order valence-electron chi connectivity index (χ1n) is 11.1. The second kappa shape index (κ2) is 10.4.